The topological polar surface area (TPSA) is 59.9 Å². The fourth-order valence-electron chi connectivity index (χ4n) is 3.09. The predicted molar refractivity (Wildman–Crippen MR) is 108 cm³/mol. The van der Waals surface area contributed by atoms with Crippen LogP contribution in [0.25, 0.3) is 0 Å². The number of nitrogens with one attached hydrogen (secondary N) is 2. The van der Waals surface area contributed by atoms with Crippen molar-refractivity contribution >= 4 is 17.3 Å². The molecule has 1 saturated heterocycles. The Kier molecular flexibility index (Phi) is 7.05. The summed E-state index contributed by atoms with van der Waals surface area (Å²) in [7, 11) is 1.79. The monoisotopic (exact) mass is 372 g/mol. The van der Waals surface area contributed by atoms with E-state index in [1.807, 2.05) is 0 Å². The molecule has 26 heavy (non-hydrogen) atoms. The number of piperidine rings is 1. The summed E-state index contributed by atoms with van der Waals surface area (Å²) in [6.45, 7) is 4.47. The molecule has 1 aliphatic heterocycles. The summed E-state index contributed by atoms with van der Waals surface area (Å²) in [5, 5.41) is 18.4. The van der Waals surface area contributed by atoms with Crippen LogP contribution < -0.4 is 10.6 Å². The molecule has 140 valence electrons. The molecule has 3 rings (SSSR count). The molecule has 0 saturated carbocycles. The second-order valence-corrected chi connectivity index (χ2v) is 7.71. The molecule has 2 aromatic rings. The number of aliphatic imine (C=N–C) groups is 1. The Morgan fingerprint density at radius 3 is 2.46 bits per heavy atom. The van der Waals surface area contributed by atoms with Gasteiger partial charge in [0.05, 0.1) is 12.6 Å². The highest BCUT2D eigenvalue weighted by atomic mass is 32.1. The van der Waals surface area contributed by atoms with Gasteiger partial charge in [-0.3, -0.25) is 9.89 Å². The largest absolute Gasteiger partial charge is 0.393 e. The number of nitrogens with zero attached hydrogens (tertiary/aromatic N) is 2. The number of hydrogen-bond donors (Lipinski definition) is 3. The summed E-state index contributed by atoms with van der Waals surface area (Å²) < 4.78 is 0. The lowest BCUT2D eigenvalue weighted by molar-refractivity contribution is 0.0792. The Morgan fingerprint density at radius 2 is 1.81 bits per heavy atom. The molecule has 2 heterocycles. The second kappa shape index (κ2) is 9.71. The number of hydrogen-bond acceptors (Lipinski definition) is 4. The van der Waals surface area contributed by atoms with Crippen molar-refractivity contribution in [2.45, 2.75) is 38.6 Å². The van der Waals surface area contributed by atoms with Gasteiger partial charge in [0.25, 0.3) is 0 Å². The van der Waals surface area contributed by atoms with Gasteiger partial charge in [-0.1, -0.05) is 30.3 Å². The van der Waals surface area contributed by atoms with Crippen LogP contribution in [0.5, 0.6) is 0 Å². The number of thiophene rings is 1. The van der Waals surface area contributed by atoms with Gasteiger partial charge in [0.15, 0.2) is 5.96 Å². The molecule has 0 spiro atoms. The van der Waals surface area contributed by atoms with Crippen molar-refractivity contribution in [2.24, 2.45) is 4.99 Å². The van der Waals surface area contributed by atoms with Gasteiger partial charge < -0.3 is 15.7 Å². The number of rotatable bonds is 6. The van der Waals surface area contributed by atoms with E-state index in [1.165, 1.54) is 16.0 Å². The van der Waals surface area contributed by atoms with E-state index in [4.69, 9.17) is 0 Å². The summed E-state index contributed by atoms with van der Waals surface area (Å²) in [6.07, 6.45) is 1.67. The normalized spacial score (nSPS) is 16.6. The third kappa shape index (κ3) is 5.83. The Labute approximate surface area is 159 Å². The minimum Gasteiger partial charge on any atom is -0.393 e. The van der Waals surface area contributed by atoms with Crippen LogP contribution >= 0.6 is 11.3 Å². The highest BCUT2D eigenvalue weighted by Gasteiger charge is 2.16. The van der Waals surface area contributed by atoms with Gasteiger partial charge in [0.2, 0.25) is 0 Å². The van der Waals surface area contributed by atoms with Gasteiger partial charge in [-0.15, -0.1) is 11.3 Å². The van der Waals surface area contributed by atoms with Crippen molar-refractivity contribution in [1.82, 2.24) is 15.5 Å². The first-order valence-corrected chi connectivity index (χ1v) is 10.1. The number of aliphatic hydroxyl groups is 1. The van der Waals surface area contributed by atoms with Gasteiger partial charge in [0.1, 0.15) is 0 Å². The molecular formula is C20H28N4OS. The van der Waals surface area contributed by atoms with Crippen LogP contribution in [0.3, 0.4) is 0 Å². The Bertz CT molecular complexity index is 676. The lowest BCUT2D eigenvalue weighted by Crippen LogP contribution is -2.36. The van der Waals surface area contributed by atoms with Crippen LogP contribution in [-0.2, 0) is 19.6 Å². The minimum absolute atomic E-state index is 0.109. The molecule has 1 aromatic carbocycles. The minimum atomic E-state index is -0.109. The highest BCUT2D eigenvalue weighted by molar-refractivity contribution is 7.09. The van der Waals surface area contributed by atoms with E-state index in [1.54, 1.807) is 18.4 Å². The number of likely N-dealkylation sites (tertiary alicyclic amines) is 1. The first kappa shape index (κ1) is 18.9. The third-order valence-corrected chi connectivity index (χ3v) is 5.56. The fourth-order valence-corrected chi connectivity index (χ4v) is 3.73. The average Bonchev–Trinajstić information content (AvgIpc) is 3.18. The van der Waals surface area contributed by atoms with Crippen LogP contribution in [0.4, 0.5) is 0 Å². The first-order valence-electron chi connectivity index (χ1n) is 9.18. The van der Waals surface area contributed by atoms with Crippen LogP contribution in [0.1, 0.15) is 28.8 Å². The quantitative estimate of drug-likeness (QED) is 0.539. The zero-order valence-electron chi connectivity index (χ0n) is 15.3. The molecule has 0 bridgehead atoms. The molecule has 1 aliphatic rings. The Morgan fingerprint density at radius 1 is 1.12 bits per heavy atom. The highest BCUT2D eigenvalue weighted by Crippen LogP contribution is 2.14. The first-order chi connectivity index (χ1) is 12.7. The SMILES string of the molecule is CN=C(NCc1ccc(CN2CCC(O)CC2)cc1)NCc1cccs1. The maximum Gasteiger partial charge on any atom is 0.191 e. The molecule has 1 fully saturated rings. The van der Waals surface area contributed by atoms with Gasteiger partial charge >= 0.3 is 0 Å². The maximum absolute atomic E-state index is 9.60. The molecule has 5 nitrogen and oxygen atoms in total. The van der Waals surface area contributed by atoms with E-state index in [-0.39, 0.29) is 6.10 Å². The third-order valence-electron chi connectivity index (χ3n) is 4.68. The fraction of sp³-hybridized carbons (Fsp3) is 0.450. The van der Waals surface area contributed by atoms with Crippen molar-refractivity contribution < 1.29 is 5.11 Å². The van der Waals surface area contributed by atoms with Crippen LogP contribution in [-0.4, -0.2) is 42.2 Å². The summed E-state index contributed by atoms with van der Waals surface area (Å²) >= 11 is 1.74. The van der Waals surface area contributed by atoms with Gasteiger partial charge in [-0.2, -0.15) is 0 Å². The summed E-state index contributed by atoms with van der Waals surface area (Å²) in [5.74, 6) is 0.814. The second-order valence-electron chi connectivity index (χ2n) is 6.68. The molecule has 0 aliphatic carbocycles. The summed E-state index contributed by atoms with van der Waals surface area (Å²) in [5.41, 5.74) is 2.56. The lowest BCUT2D eigenvalue weighted by Gasteiger charge is -2.29. The Balaban J connectivity index is 1.43. The van der Waals surface area contributed by atoms with Crippen LogP contribution in [0, 0.1) is 0 Å². The van der Waals surface area contributed by atoms with E-state index < -0.39 is 0 Å². The molecule has 1 aromatic heterocycles. The zero-order chi connectivity index (χ0) is 18.2. The Hall–Kier alpha value is -1.89. The van der Waals surface area contributed by atoms with Gasteiger partial charge in [-0.05, 0) is 35.4 Å². The van der Waals surface area contributed by atoms with E-state index >= 15 is 0 Å². The van der Waals surface area contributed by atoms with Crippen molar-refractivity contribution in [3.8, 4) is 0 Å². The molecule has 0 amide bonds. The molecule has 0 unspecified atom stereocenters. The van der Waals surface area contributed by atoms with Crippen molar-refractivity contribution in [3.05, 3.63) is 57.8 Å². The predicted octanol–water partition coefficient (Wildman–Crippen LogP) is 2.57. The van der Waals surface area contributed by atoms with Gasteiger partial charge in [-0.25, -0.2) is 0 Å². The van der Waals surface area contributed by atoms with Crippen molar-refractivity contribution in [1.29, 1.82) is 0 Å². The van der Waals surface area contributed by atoms with E-state index in [2.05, 4.69) is 62.3 Å². The lowest BCUT2D eigenvalue weighted by atomic mass is 10.1. The van der Waals surface area contributed by atoms with Crippen LogP contribution in [0.2, 0.25) is 0 Å². The van der Waals surface area contributed by atoms with E-state index in [0.717, 1.165) is 51.5 Å². The van der Waals surface area contributed by atoms with Crippen molar-refractivity contribution in [2.75, 3.05) is 20.1 Å². The molecule has 6 heteroatoms. The average molecular weight is 373 g/mol. The molecule has 0 radical (unpaired) electrons. The van der Waals surface area contributed by atoms with E-state index in [9.17, 15) is 5.11 Å². The number of benzene rings is 1. The summed E-state index contributed by atoms with van der Waals surface area (Å²) in [6, 6.07) is 12.9. The summed E-state index contributed by atoms with van der Waals surface area (Å²) in [4.78, 5) is 7.98. The van der Waals surface area contributed by atoms with Gasteiger partial charge in [0, 0.05) is 38.1 Å². The van der Waals surface area contributed by atoms with Crippen molar-refractivity contribution in [3.63, 3.8) is 0 Å². The van der Waals surface area contributed by atoms with E-state index in [0.29, 0.717) is 0 Å². The smallest absolute Gasteiger partial charge is 0.191 e. The maximum atomic E-state index is 9.60. The van der Waals surface area contributed by atoms with Crippen LogP contribution in [0.15, 0.2) is 46.8 Å². The molecule has 0 atom stereocenters. The number of guanidine groups is 1. The number of aliphatic hydroxyl groups excluding tert-OH is 1. The molecule has 3 N–H and O–H groups in total. The standard InChI is InChI=1S/C20H28N4OS/c1-21-20(23-14-19-3-2-12-26-19)22-13-16-4-6-17(7-5-16)15-24-10-8-18(25)9-11-24/h2-7,12,18,25H,8-11,13-15H2,1H3,(H2,21,22,23). The molecular weight excluding hydrogens is 344 g/mol. The zero-order valence-corrected chi connectivity index (χ0v) is 16.1.